The van der Waals surface area contributed by atoms with Crippen LogP contribution < -0.4 is 10.7 Å². The number of carbonyl (C=O) groups excluding carboxylic acids is 2. The van der Waals surface area contributed by atoms with Gasteiger partial charge in [0, 0.05) is 24.7 Å². The molecule has 1 aromatic heterocycles. The summed E-state index contributed by atoms with van der Waals surface area (Å²) in [5.41, 5.74) is 3.88. The second-order valence-corrected chi connectivity index (χ2v) is 4.33. The number of H-pyrrole nitrogens is 1. The molecule has 6 heteroatoms. The highest BCUT2D eigenvalue weighted by molar-refractivity contribution is 5.93. The maximum atomic E-state index is 11.6. The van der Waals surface area contributed by atoms with Crippen LogP contribution in [0.2, 0.25) is 0 Å². The van der Waals surface area contributed by atoms with Gasteiger partial charge in [-0.25, -0.2) is 5.43 Å². The molecule has 0 saturated carbocycles. The summed E-state index contributed by atoms with van der Waals surface area (Å²) in [6.07, 6.45) is 3.46. The van der Waals surface area contributed by atoms with E-state index in [-0.39, 0.29) is 24.7 Å². The molecule has 2 amide bonds. The molecular formula is C15H16N4O2. The van der Waals surface area contributed by atoms with Crippen LogP contribution >= 0.6 is 0 Å². The van der Waals surface area contributed by atoms with Crippen LogP contribution in [-0.2, 0) is 9.59 Å². The molecule has 0 bridgehead atoms. The van der Waals surface area contributed by atoms with Gasteiger partial charge < -0.3 is 10.3 Å². The number of aromatic amines is 1. The third-order valence-electron chi connectivity index (χ3n) is 2.65. The van der Waals surface area contributed by atoms with Gasteiger partial charge in [0.1, 0.15) is 0 Å². The van der Waals surface area contributed by atoms with Crippen molar-refractivity contribution < 1.29 is 9.59 Å². The summed E-state index contributed by atoms with van der Waals surface area (Å²) in [4.78, 5) is 26.1. The van der Waals surface area contributed by atoms with Crippen molar-refractivity contribution in [2.75, 3.05) is 5.32 Å². The van der Waals surface area contributed by atoms with Crippen LogP contribution in [0, 0.1) is 0 Å². The minimum Gasteiger partial charge on any atom is -0.360 e. The Balaban J connectivity index is 1.68. The lowest BCUT2D eigenvalue weighted by Crippen LogP contribution is -2.20. The first-order valence-corrected chi connectivity index (χ1v) is 6.54. The molecule has 0 atom stereocenters. The van der Waals surface area contributed by atoms with Crippen molar-refractivity contribution in [3.05, 3.63) is 54.4 Å². The number of aromatic nitrogens is 1. The topological polar surface area (TPSA) is 86.3 Å². The maximum absolute atomic E-state index is 11.6. The summed E-state index contributed by atoms with van der Waals surface area (Å²) in [7, 11) is 0. The van der Waals surface area contributed by atoms with Crippen molar-refractivity contribution in [3.8, 4) is 0 Å². The average molecular weight is 284 g/mol. The molecule has 0 spiro atoms. The van der Waals surface area contributed by atoms with Crippen molar-refractivity contribution in [1.82, 2.24) is 10.4 Å². The van der Waals surface area contributed by atoms with Gasteiger partial charge in [0.25, 0.3) is 0 Å². The van der Waals surface area contributed by atoms with E-state index in [4.69, 9.17) is 0 Å². The van der Waals surface area contributed by atoms with Gasteiger partial charge in [-0.05, 0) is 24.3 Å². The molecule has 108 valence electrons. The Morgan fingerprint density at radius 3 is 2.52 bits per heavy atom. The Labute approximate surface area is 122 Å². The quantitative estimate of drug-likeness (QED) is 0.559. The molecule has 2 rings (SSSR count). The zero-order valence-electron chi connectivity index (χ0n) is 11.4. The molecule has 3 N–H and O–H groups in total. The summed E-state index contributed by atoms with van der Waals surface area (Å²) < 4.78 is 0. The van der Waals surface area contributed by atoms with Crippen molar-refractivity contribution in [2.24, 2.45) is 5.10 Å². The number of benzene rings is 1. The van der Waals surface area contributed by atoms with E-state index in [0.29, 0.717) is 5.69 Å². The van der Waals surface area contributed by atoms with E-state index in [1.54, 1.807) is 18.3 Å². The fourth-order valence-electron chi connectivity index (χ4n) is 1.63. The number of hydrazone groups is 1. The van der Waals surface area contributed by atoms with Crippen LogP contribution in [0.3, 0.4) is 0 Å². The number of hydrogen-bond donors (Lipinski definition) is 3. The number of anilines is 1. The summed E-state index contributed by atoms with van der Waals surface area (Å²) in [5.74, 6) is -0.509. The molecule has 2 aromatic rings. The Bertz CT molecular complexity index is 606. The molecule has 1 heterocycles. The maximum Gasteiger partial charge on any atom is 0.240 e. The van der Waals surface area contributed by atoms with E-state index in [0.717, 1.165) is 5.69 Å². The van der Waals surface area contributed by atoms with Gasteiger partial charge in [0.05, 0.1) is 11.9 Å². The lowest BCUT2D eigenvalue weighted by molar-refractivity contribution is -0.124. The summed E-state index contributed by atoms with van der Waals surface area (Å²) in [5, 5.41) is 6.50. The first kappa shape index (κ1) is 14.5. The molecule has 0 aliphatic rings. The second-order valence-electron chi connectivity index (χ2n) is 4.33. The molecule has 0 radical (unpaired) electrons. The first-order valence-electron chi connectivity index (χ1n) is 6.54. The third kappa shape index (κ3) is 5.32. The smallest absolute Gasteiger partial charge is 0.240 e. The van der Waals surface area contributed by atoms with Crippen LogP contribution in [0.5, 0.6) is 0 Å². The fourth-order valence-corrected chi connectivity index (χ4v) is 1.63. The van der Waals surface area contributed by atoms with Crippen molar-refractivity contribution in [3.63, 3.8) is 0 Å². The molecule has 0 aliphatic heterocycles. The van der Waals surface area contributed by atoms with E-state index in [2.05, 4.69) is 20.8 Å². The van der Waals surface area contributed by atoms with E-state index in [1.807, 2.05) is 30.3 Å². The van der Waals surface area contributed by atoms with Crippen LogP contribution in [0.4, 0.5) is 5.69 Å². The SMILES string of the molecule is O=C(CCC(=O)Nc1ccccc1)N/N=C/c1ccc[nH]1. The number of carbonyl (C=O) groups is 2. The van der Waals surface area contributed by atoms with Gasteiger partial charge in [-0.2, -0.15) is 5.10 Å². The largest absolute Gasteiger partial charge is 0.360 e. The number of para-hydroxylation sites is 1. The lowest BCUT2D eigenvalue weighted by atomic mass is 10.2. The fraction of sp³-hybridized carbons (Fsp3) is 0.133. The van der Waals surface area contributed by atoms with Gasteiger partial charge in [-0.1, -0.05) is 18.2 Å². The Hall–Kier alpha value is -2.89. The minimum absolute atomic E-state index is 0.0841. The summed E-state index contributed by atoms with van der Waals surface area (Å²) >= 11 is 0. The number of nitrogens with zero attached hydrogens (tertiary/aromatic N) is 1. The highest BCUT2D eigenvalue weighted by Gasteiger charge is 2.06. The summed E-state index contributed by atoms with van der Waals surface area (Å²) in [6.45, 7) is 0. The van der Waals surface area contributed by atoms with Gasteiger partial charge in [-0.3, -0.25) is 9.59 Å². The van der Waals surface area contributed by atoms with Gasteiger partial charge in [0.15, 0.2) is 0 Å². The molecule has 0 unspecified atom stereocenters. The van der Waals surface area contributed by atoms with E-state index < -0.39 is 0 Å². The van der Waals surface area contributed by atoms with Crippen LogP contribution in [-0.4, -0.2) is 23.0 Å². The second kappa shape index (κ2) is 7.64. The van der Waals surface area contributed by atoms with E-state index in [9.17, 15) is 9.59 Å². The number of nitrogens with one attached hydrogen (secondary N) is 3. The average Bonchev–Trinajstić information content (AvgIpc) is 2.99. The van der Waals surface area contributed by atoms with Crippen LogP contribution in [0.1, 0.15) is 18.5 Å². The number of hydrogen-bond acceptors (Lipinski definition) is 3. The van der Waals surface area contributed by atoms with Crippen molar-refractivity contribution in [1.29, 1.82) is 0 Å². The van der Waals surface area contributed by atoms with E-state index in [1.165, 1.54) is 6.21 Å². The molecule has 0 saturated heterocycles. The van der Waals surface area contributed by atoms with Crippen LogP contribution in [0.25, 0.3) is 0 Å². The predicted molar refractivity (Wildman–Crippen MR) is 80.8 cm³/mol. The number of amides is 2. The van der Waals surface area contributed by atoms with Gasteiger partial charge in [-0.15, -0.1) is 0 Å². The Kier molecular flexibility index (Phi) is 5.28. The first-order chi connectivity index (χ1) is 10.2. The van der Waals surface area contributed by atoms with Crippen molar-refractivity contribution >= 4 is 23.7 Å². The third-order valence-corrected chi connectivity index (χ3v) is 2.65. The zero-order chi connectivity index (χ0) is 14.9. The van der Waals surface area contributed by atoms with Gasteiger partial charge >= 0.3 is 0 Å². The van der Waals surface area contributed by atoms with Crippen LogP contribution in [0.15, 0.2) is 53.8 Å². The normalized spacial score (nSPS) is 10.5. The highest BCUT2D eigenvalue weighted by Crippen LogP contribution is 2.05. The molecule has 6 nitrogen and oxygen atoms in total. The molecular weight excluding hydrogens is 268 g/mol. The molecule has 21 heavy (non-hydrogen) atoms. The Morgan fingerprint density at radius 2 is 1.81 bits per heavy atom. The molecule has 0 aliphatic carbocycles. The minimum atomic E-state index is -0.305. The highest BCUT2D eigenvalue weighted by atomic mass is 16.2. The predicted octanol–water partition coefficient (Wildman–Crippen LogP) is 1.88. The van der Waals surface area contributed by atoms with Gasteiger partial charge in [0.2, 0.25) is 11.8 Å². The van der Waals surface area contributed by atoms with E-state index >= 15 is 0 Å². The molecule has 1 aromatic carbocycles. The Morgan fingerprint density at radius 1 is 1.05 bits per heavy atom. The number of rotatable bonds is 6. The standard InChI is InChI=1S/C15H16N4O2/c20-14(18-12-5-2-1-3-6-12)8-9-15(21)19-17-11-13-7-4-10-16-13/h1-7,10-11,16H,8-9H2,(H,18,20)(H,19,21)/b17-11+. The zero-order valence-corrected chi connectivity index (χ0v) is 11.4. The summed E-state index contributed by atoms with van der Waals surface area (Å²) in [6, 6.07) is 12.8. The lowest BCUT2D eigenvalue weighted by Gasteiger charge is -2.04. The van der Waals surface area contributed by atoms with Crippen molar-refractivity contribution in [2.45, 2.75) is 12.8 Å². The molecule has 0 fully saturated rings. The monoisotopic (exact) mass is 284 g/mol.